The van der Waals surface area contributed by atoms with Gasteiger partial charge < -0.3 is 9.47 Å². The molecule has 0 N–H and O–H groups in total. The maximum Gasteiger partial charge on any atom is 0.509 e. The average Bonchev–Trinajstić information content (AvgIpc) is 2.17. The standard InChI is InChI=1S/C10H15NO3/c1-3-5-6-7-9(8-11)14-10(12)13-4-2/h6-7,9H,3-5H2,1-2H3/b7-6+/t9-/m1/s1. The van der Waals surface area contributed by atoms with Crippen LogP contribution < -0.4 is 0 Å². The molecule has 14 heavy (non-hydrogen) atoms. The molecule has 0 aliphatic rings. The van der Waals surface area contributed by atoms with Gasteiger partial charge in [0.15, 0.2) is 0 Å². The van der Waals surface area contributed by atoms with Gasteiger partial charge in [0.1, 0.15) is 6.07 Å². The first-order valence-corrected chi connectivity index (χ1v) is 4.64. The lowest BCUT2D eigenvalue weighted by Gasteiger charge is -2.05. The molecule has 4 nitrogen and oxygen atoms in total. The van der Waals surface area contributed by atoms with Crippen molar-refractivity contribution in [2.75, 3.05) is 6.61 Å². The molecule has 0 amide bonds. The van der Waals surface area contributed by atoms with E-state index in [1.165, 1.54) is 0 Å². The smallest absolute Gasteiger partial charge is 0.435 e. The highest BCUT2D eigenvalue weighted by atomic mass is 16.7. The van der Waals surface area contributed by atoms with Gasteiger partial charge in [-0.05, 0) is 19.4 Å². The first-order chi connectivity index (χ1) is 6.74. The molecule has 0 saturated heterocycles. The number of nitrogens with zero attached hydrogens (tertiary/aromatic N) is 1. The molecule has 0 rings (SSSR count). The van der Waals surface area contributed by atoms with Crippen LogP contribution in [0.1, 0.15) is 26.7 Å². The molecule has 0 saturated carbocycles. The van der Waals surface area contributed by atoms with Crippen LogP contribution in [-0.2, 0) is 9.47 Å². The van der Waals surface area contributed by atoms with Crippen LogP contribution >= 0.6 is 0 Å². The second-order valence-corrected chi connectivity index (χ2v) is 2.57. The lowest BCUT2D eigenvalue weighted by Crippen LogP contribution is -2.15. The van der Waals surface area contributed by atoms with Crippen LogP contribution in [0.3, 0.4) is 0 Å². The minimum absolute atomic E-state index is 0.246. The number of carbonyl (C=O) groups is 1. The van der Waals surface area contributed by atoms with Crippen molar-refractivity contribution < 1.29 is 14.3 Å². The van der Waals surface area contributed by atoms with Crippen LogP contribution in [0, 0.1) is 11.3 Å². The third kappa shape index (κ3) is 6.06. The van der Waals surface area contributed by atoms with Gasteiger partial charge in [0.2, 0.25) is 6.10 Å². The summed E-state index contributed by atoms with van der Waals surface area (Å²) in [5.74, 6) is 0. The Balaban J connectivity index is 3.91. The summed E-state index contributed by atoms with van der Waals surface area (Å²) in [6, 6.07) is 1.84. The summed E-state index contributed by atoms with van der Waals surface area (Å²) < 4.78 is 9.21. The zero-order valence-electron chi connectivity index (χ0n) is 8.53. The van der Waals surface area contributed by atoms with Crippen molar-refractivity contribution in [3.63, 3.8) is 0 Å². The normalized spacial score (nSPS) is 12.1. The number of hydrogen-bond donors (Lipinski definition) is 0. The molecule has 0 radical (unpaired) electrons. The van der Waals surface area contributed by atoms with E-state index in [0.717, 1.165) is 12.8 Å². The van der Waals surface area contributed by atoms with Gasteiger partial charge in [-0.3, -0.25) is 0 Å². The summed E-state index contributed by atoms with van der Waals surface area (Å²) in [5.41, 5.74) is 0. The van der Waals surface area contributed by atoms with Crippen LogP contribution in [0.5, 0.6) is 0 Å². The van der Waals surface area contributed by atoms with Gasteiger partial charge in [0.05, 0.1) is 6.61 Å². The Morgan fingerprint density at radius 3 is 2.79 bits per heavy atom. The monoisotopic (exact) mass is 197 g/mol. The Kier molecular flexibility index (Phi) is 7.24. The van der Waals surface area contributed by atoms with Gasteiger partial charge >= 0.3 is 6.16 Å². The third-order valence-corrected chi connectivity index (χ3v) is 1.38. The highest BCUT2D eigenvalue weighted by Gasteiger charge is 2.09. The lowest BCUT2D eigenvalue weighted by atomic mass is 10.2. The van der Waals surface area contributed by atoms with Gasteiger partial charge in [0, 0.05) is 0 Å². The molecule has 0 aromatic rings. The second kappa shape index (κ2) is 8.11. The SMILES string of the molecule is CCC/C=C/[C@H](C#N)OC(=O)OCC. The maximum atomic E-state index is 10.8. The topological polar surface area (TPSA) is 59.3 Å². The summed E-state index contributed by atoms with van der Waals surface area (Å²) in [4.78, 5) is 10.8. The van der Waals surface area contributed by atoms with Crippen molar-refractivity contribution in [2.24, 2.45) is 0 Å². The van der Waals surface area contributed by atoms with E-state index in [2.05, 4.69) is 9.47 Å². The lowest BCUT2D eigenvalue weighted by molar-refractivity contribution is 0.0534. The number of unbranched alkanes of at least 4 members (excludes halogenated alkanes) is 1. The Hall–Kier alpha value is -1.50. The van der Waals surface area contributed by atoms with E-state index in [9.17, 15) is 4.79 Å². The van der Waals surface area contributed by atoms with E-state index >= 15 is 0 Å². The average molecular weight is 197 g/mol. The Bertz CT molecular complexity index is 230. The highest BCUT2D eigenvalue weighted by molar-refractivity contribution is 5.60. The number of rotatable bonds is 5. The molecular formula is C10H15NO3. The van der Waals surface area contributed by atoms with Gasteiger partial charge in [-0.25, -0.2) is 4.79 Å². The van der Waals surface area contributed by atoms with Crippen molar-refractivity contribution >= 4 is 6.16 Å². The zero-order valence-corrected chi connectivity index (χ0v) is 8.53. The van der Waals surface area contributed by atoms with Gasteiger partial charge in [0.25, 0.3) is 0 Å². The quantitative estimate of drug-likeness (QED) is 0.501. The number of allylic oxidation sites excluding steroid dienone is 1. The minimum atomic E-state index is -0.847. The molecular weight excluding hydrogens is 182 g/mol. The molecule has 0 aliphatic carbocycles. The summed E-state index contributed by atoms with van der Waals surface area (Å²) >= 11 is 0. The molecule has 0 aromatic carbocycles. The molecule has 4 heteroatoms. The van der Waals surface area contributed by atoms with Crippen molar-refractivity contribution in [3.8, 4) is 6.07 Å². The van der Waals surface area contributed by atoms with E-state index in [0.29, 0.717) is 0 Å². The molecule has 1 atom stereocenters. The van der Waals surface area contributed by atoms with E-state index in [4.69, 9.17) is 5.26 Å². The van der Waals surface area contributed by atoms with Crippen molar-refractivity contribution in [1.29, 1.82) is 5.26 Å². The maximum absolute atomic E-state index is 10.8. The Morgan fingerprint density at radius 2 is 2.29 bits per heavy atom. The van der Waals surface area contributed by atoms with Crippen molar-refractivity contribution in [3.05, 3.63) is 12.2 Å². The van der Waals surface area contributed by atoms with Crippen LogP contribution in [0.4, 0.5) is 4.79 Å². The third-order valence-electron chi connectivity index (χ3n) is 1.38. The van der Waals surface area contributed by atoms with E-state index in [1.807, 2.05) is 19.1 Å². The summed E-state index contributed by atoms with van der Waals surface area (Å²) in [6.45, 7) is 3.95. The summed E-state index contributed by atoms with van der Waals surface area (Å²) in [7, 11) is 0. The minimum Gasteiger partial charge on any atom is -0.435 e. The first kappa shape index (κ1) is 12.5. The molecule has 0 spiro atoms. The van der Waals surface area contributed by atoms with Crippen LogP contribution in [-0.4, -0.2) is 18.9 Å². The summed E-state index contributed by atoms with van der Waals surface area (Å²) in [5, 5.41) is 8.61. The first-order valence-electron chi connectivity index (χ1n) is 4.64. The molecule has 78 valence electrons. The molecule has 0 heterocycles. The van der Waals surface area contributed by atoms with Gasteiger partial charge in [-0.2, -0.15) is 5.26 Å². The fourth-order valence-electron chi connectivity index (χ4n) is 0.751. The van der Waals surface area contributed by atoms with Crippen molar-refractivity contribution in [1.82, 2.24) is 0 Å². The zero-order chi connectivity index (χ0) is 10.8. The van der Waals surface area contributed by atoms with Crippen LogP contribution in [0.2, 0.25) is 0 Å². The predicted octanol–water partition coefficient (Wildman–Crippen LogP) is 2.41. The molecule has 0 fully saturated rings. The van der Waals surface area contributed by atoms with Gasteiger partial charge in [-0.15, -0.1) is 0 Å². The number of nitriles is 1. The van der Waals surface area contributed by atoms with Crippen LogP contribution in [0.25, 0.3) is 0 Å². The molecule has 0 bridgehead atoms. The van der Waals surface area contributed by atoms with Gasteiger partial charge in [-0.1, -0.05) is 19.4 Å². The Labute approximate surface area is 84.1 Å². The fourth-order valence-corrected chi connectivity index (χ4v) is 0.751. The highest BCUT2D eigenvalue weighted by Crippen LogP contribution is 1.98. The van der Waals surface area contributed by atoms with Crippen LogP contribution in [0.15, 0.2) is 12.2 Å². The van der Waals surface area contributed by atoms with E-state index in [-0.39, 0.29) is 6.61 Å². The molecule has 0 unspecified atom stereocenters. The fraction of sp³-hybridized carbons (Fsp3) is 0.600. The molecule has 0 aromatic heterocycles. The second-order valence-electron chi connectivity index (χ2n) is 2.57. The Morgan fingerprint density at radius 1 is 1.57 bits per heavy atom. The summed E-state index contributed by atoms with van der Waals surface area (Å²) in [6.07, 6.45) is 3.58. The number of hydrogen-bond acceptors (Lipinski definition) is 4. The predicted molar refractivity (Wildman–Crippen MR) is 51.6 cm³/mol. The van der Waals surface area contributed by atoms with E-state index in [1.54, 1.807) is 13.0 Å². The van der Waals surface area contributed by atoms with E-state index < -0.39 is 12.3 Å². The number of ether oxygens (including phenoxy) is 2. The van der Waals surface area contributed by atoms with Crippen molar-refractivity contribution in [2.45, 2.75) is 32.8 Å². The largest absolute Gasteiger partial charge is 0.509 e. The number of carbonyl (C=O) groups excluding carboxylic acids is 1. The molecule has 0 aliphatic heterocycles.